The second kappa shape index (κ2) is 12.0. The minimum absolute atomic E-state index is 0.197. The summed E-state index contributed by atoms with van der Waals surface area (Å²) in [7, 11) is 1.65. The number of Topliss-reactive ketones (excluding diaryl/α,β-unsaturated/α-hetero) is 1. The Hall–Kier alpha value is -2.71. The van der Waals surface area contributed by atoms with Gasteiger partial charge in [-0.1, -0.05) is 53.5 Å². The number of hydrogen-bond donors (Lipinski definition) is 2. The lowest BCUT2D eigenvalue weighted by atomic mass is 10.0. The molecule has 0 atom stereocenters. The Balaban J connectivity index is 0.000000442. The van der Waals surface area contributed by atoms with Gasteiger partial charge in [-0.2, -0.15) is 5.10 Å². The van der Waals surface area contributed by atoms with Crippen molar-refractivity contribution in [2.24, 2.45) is 7.05 Å². The molecule has 1 aromatic heterocycles. The molecule has 0 bridgehead atoms. The molecule has 1 aliphatic rings. The number of carbonyl (C=O) groups is 2. The molecule has 1 saturated heterocycles. The molecule has 2 heterocycles. The molecule has 3 aromatic rings. The lowest BCUT2D eigenvalue weighted by Gasteiger charge is -2.11. The number of nitrogens with zero attached hydrogens (tertiary/aromatic N) is 2. The monoisotopic (exact) mass is 488 g/mol. The molecule has 33 heavy (non-hydrogen) atoms. The highest BCUT2D eigenvalue weighted by molar-refractivity contribution is 6.37. The summed E-state index contributed by atoms with van der Waals surface area (Å²) in [4.78, 5) is 25.3. The number of carbonyl (C=O) groups excluding carboxylic acids is 2. The molecule has 1 fully saturated rings. The van der Waals surface area contributed by atoms with E-state index in [2.05, 4.69) is 15.7 Å². The molecule has 9 heteroatoms. The van der Waals surface area contributed by atoms with Gasteiger partial charge in [-0.3, -0.25) is 9.59 Å². The van der Waals surface area contributed by atoms with Crippen LogP contribution in [0.2, 0.25) is 10.0 Å². The third-order valence-corrected chi connectivity index (χ3v) is 5.51. The van der Waals surface area contributed by atoms with Crippen molar-refractivity contribution >= 4 is 34.8 Å². The summed E-state index contributed by atoms with van der Waals surface area (Å²) >= 11 is 12.1. The number of hydrogen-bond acceptors (Lipinski definition) is 6. The van der Waals surface area contributed by atoms with Gasteiger partial charge in [-0.15, -0.1) is 0 Å². The Bertz CT molecular complexity index is 1100. The van der Waals surface area contributed by atoms with Crippen LogP contribution in [0.4, 0.5) is 0 Å². The largest absolute Gasteiger partial charge is 0.469 e. The second-order valence-corrected chi connectivity index (χ2v) is 8.26. The Labute approximate surface area is 203 Å². The zero-order chi connectivity index (χ0) is 23.8. The fourth-order valence-corrected chi connectivity index (χ4v) is 3.81. The van der Waals surface area contributed by atoms with E-state index >= 15 is 0 Å². The van der Waals surface area contributed by atoms with Crippen molar-refractivity contribution in [3.63, 3.8) is 0 Å². The van der Waals surface area contributed by atoms with Gasteiger partial charge in [0.05, 0.1) is 10.7 Å². The number of ether oxygens (including phenoxy) is 1. The molecule has 2 aromatic carbocycles. The molecule has 2 N–H and O–H groups in total. The van der Waals surface area contributed by atoms with Crippen LogP contribution in [-0.2, 0) is 7.05 Å². The van der Waals surface area contributed by atoms with E-state index in [0.717, 1.165) is 26.2 Å². The lowest BCUT2D eigenvalue weighted by molar-refractivity contribution is 0.0908. The number of aromatic nitrogens is 2. The highest BCUT2D eigenvalue weighted by Crippen LogP contribution is 2.29. The highest BCUT2D eigenvalue weighted by atomic mass is 35.5. The second-order valence-electron chi connectivity index (χ2n) is 7.42. The van der Waals surface area contributed by atoms with Gasteiger partial charge in [0.1, 0.15) is 5.56 Å². The molecular weight excluding hydrogens is 463 g/mol. The van der Waals surface area contributed by atoms with Crippen molar-refractivity contribution in [1.82, 2.24) is 20.4 Å². The van der Waals surface area contributed by atoms with E-state index in [0.29, 0.717) is 16.3 Å². The van der Waals surface area contributed by atoms with Gasteiger partial charge < -0.3 is 15.4 Å². The lowest BCUT2D eigenvalue weighted by Crippen LogP contribution is -2.39. The van der Waals surface area contributed by atoms with Crippen LogP contribution < -0.4 is 15.4 Å². The van der Waals surface area contributed by atoms with Crippen LogP contribution in [0.5, 0.6) is 5.88 Å². The predicted molar refractivity (Wildman–Crippen MR) is 130 cm³/mol. The predicted octanol–water partition coefficient (Wildman–Crippen LogP) is 3.71. The molecule has 1 aliphatic heterocycles. The number of halogens is 2. The average Bonchev–Trinajstić information content (AvgIpc) is 3.11. The van der Waals surface area contributed by atoms with Gasteiger partial charge in [0.15, 0.2) is 12.4 Å². The summed E-state index contributed by atoms with van der Waals surface area (Å²) < 4.78 is 7.11. The molecular formula is C24H26Cl2N4O3. The summed E-state index contributed by atoms with van der Waals surface area (Å²) in [6.07, 6.45) is 0. The normalized spacial score (nSPS) is 13.1. The highest BCUT2D eigenvalue weighted by Gasteiger charge is 2.25. The van der Waals surface area contributed by atoms with E-state index in [1.165, 1.54) is 10.7 Å². The van der Waals surface area contributed by atoms with Crippen LogP contribution in [0, 0.1) is 6.92 Å². The van der Waals surface area contributed by atoms with E-state index < -0.39 is 0 Å². The molecule has 174 valence electrons. The van der Waals surface area contributed by atoms with Crippen molar-refractivity contribution in [3.05, 3.63) is 81.0 Å². The minimum atomic E-state index is -0.343. The Morgan fingerprint density at radius 3 is 2.24 bits per heavy atom. The molecule has 7 nitrogen and oxygen atoms in total. The molecule has 0 radical (unpaired) electrons. The zero-order valence-electron chi connectivity index (χ0n) is 18.5. The number of rotatable bonds is 6. The van der Waals surface area contributed by atoms with E-state index in [-0.39, 0.29) is 40.2 Å². The first kappa shape index (κ1) is 24.9. The molecule has 4 rings (SSSR count). The standard InChI is InChI=1S/C20H16Cl2N2O3.C4H10N2/c1-12-18(19(26)15-9-8-14(21)10-16(15)22)20(24(2)23-12)27-11-17(25)13-6-4-3-5-7-13;1-2-6-4-3-5-1/h3-10H,11H2,1-2H3;5-6H,1-4H2. The quantitative estimate of drug-likeness (QED) is 0.514. The number of aryl methyl sites for hydroxylation is 2. The number of piperazine rings is 1. The number of nitrogens with one attached hydrogen (secondary N) is 2. The molecule has 0 unspecified atom stereocenters. The maximum Gasteiger partial charge on any atom is 0.223 e. The first-order valence-corrected chi connectivity index (χ1v) is 11.3. The number of benzene rings is 2. The topological polar surface area (TPSA) is 85.2 Å². The van der Waals surface area contributed by atoms with Crippen molar-refractivity contribution in [2.45, 2.75) is 6.92 Å². The van der Waals surface area contributed by atoms with Gasteiger partial charge in [0.25, 0.3) is 0 Å². The minimum Gasteiger partial charge on any atom is -0.469 e. The maximum atomic E-state index is 13.0. The summed E-state index contributed by atoms with van der Waals surface area (Å²) in [5.74, 6) is -0.324. The third-order valence-electron chi connectivity index (χ3n) is 4.97. The fourth-order valence-electron chi connectivity index (χ4n) is 3.32. The SMILES string of the molecule is C1CNCCN1.Cc1nn(C)c(OCC(=O)c2ccccc2)c1C(=O)c1ccc(Cl)cc1Cl. The van der Waals surface area contributed by atoms with Crippen LogP contribution >= 0.6 is 23.2 Å². The van der Waals surface area contributed by atoms with Crippen LogP contribution in [0.25, 0.3) is 0 Å². The molecule has 0 amide bonds. The van der Waals surface area contributed by atoms with Crippen molar-refractivity contribution < 1.29 is 14.3 Å². The van der Waals surface area contributed by atoms with Gasteiger partial charge >= 0.3 is 0 Å². The number of ketones is 2. The van der Waals surface area contributed by atoms with E-state index in [1.54, 1.807) is 50.4 Å². The van der Waals surface area contributed by atoms with Gasteiger partial charge in [-0.05, 0) is 25.1 Å². The zero-order valence-corrected chi connectivity index (χ0v) is 20.0. The van der Waals surface area contributed by atoms with Crippen molar-refractivity contribution in [3.8, 4) is 5.88 Å². The van der Waals surface area contributed by atoms with E-state index in [4.69, 9.17) is 27.9 Å². The van der Waals surface area contributed by atoms with Crippen LogP contribution in [0.15, 0.2) is 48.5 Å². The molecule has 0 spiro atoms. The van der Waals surface area contributed by atoms with Crippen LogP contribution in [0.1, 0.15) is 32.0 Å². The Kier molecular flexibility index (Phi) is 9.03. The molecule has 0 saturated carbocycles. The van der Waals surface area contributed by atoms with Crippen molar-refractivity contribution in [2.75, 3.05) is 32.8 Å². The Morgan fingerprint density at radius 1 is 1.03 bits per heavy atom. The summed E-state index contributed by atoms with van der Waals surface area (Å²) in [6, 6.07) is 13.4. The van der Waals surface area contributed by atoms with Crippen LogP contribution in [0.3, 0.4) is 0 Å². The fraction of sp³-hybridized carbons (Fsp3) is 0.292. The van der Waals surface area contributed by atoms with Gasteiger partial charge in [0.2, 0.25) is 11.7 Å². The summed E-state index contributed by atoms with van der Waals surface area (Å²) in [5.41, 5.74) is 1.57. The average molecular weight is 489 g/mol. The van der Waals surface area contributed by atoms with E-state index in [9.17, 15) is 9.59 Å². The van der Waals surface area contributed by atoms with Crippen molar-refractivity contribution in [1.29, 1.82) is 0 Å². The molecule has 0 aliphatic carbocycles. The third kappa shape index (κ3) is 6.65. The van der Waals surface area contributed by atoms with Gasteiger partial charge in [0, 0.05) is 49.4 Å². The van der Waals surface area contributed by atoms with E-state index in [1.807, 2.05) is 6.07 Å². The first-order chi connectivity index (χ1) is 15.9. The van der Waals surface area contributed by atoms with Gasteiger partial charge in [-0.25, -0.2) is 4.68 Å². The smallest absolute Gasteiger partial charge is 0.223 e. The summed E-state index contributed by atoms with van der Waals surface area (Å²) in [5, 5.41) is 11.4. The maximum absolute atomic E-state index is 13.0. The summed E-state index contributed by atoms with van der Waals surface area (Å²) in [6.45, 7) is 6.04. The van der Waals surface area contributed by atoms with Crippen LogP contribution in [-0.4, -0.2) is 54.1 Å². The first-order valence-electron chi connectivity index (χ1n) is 10.5. The Morgan fingerprint density at radius 2 is 1.67 bits per heavy atom.